The highest BCUT2D eigenvalue weighted by molar-refractivity contribution is 5.34. The molecule has 0 aliphatic carbocycles. The van der Waals surface area contributed by atoms with Crippen LogP contribution in [0.4, 0.5) is 0 Å². The molecule has 1 N–H and O–H groups in total. The van der Waals surface area contributed by atoms with Gasteiger partial charge in [0.25, 0.3) is 0 Å². The normalized spacial score (nSPS) is 22.8. The number of benzene rings is 1. The second kappa shape index (κ2) is 5.32. The van der Waals surface area contributed by atoms with Crippen LogP contribution >= 0.6 is 0 Å². The fourth-order valence-corrected chi connectivity index (χ4v) is 1.92. The molecule has 0 amide bonds. The first-order chi connectivity index (χ1) is 7.77. The van der Waals surface area contributed by atoms with Crippen molar-refractivity contribution < 1.29 is 14.6 Å². The lowest BCUT2D eigenvalue weighted by Crippen LogP contribution is -2.28. The maximum Gasteiger partial charge on any atom is 0.125 e. The van der Waals surface area contributed by atoms with Crippen molar-refractivity contribution in [1.82, 2.24) is 0 Å². The Balaban J connectivity index is 2.07. The summed E-state index contributed by atoms with van der Waals surface area (Å²) in [5.74, 6) is 0.771. The van der Waals surface area contributed by atoms with Crippen molar-refractivity contribution in [3.05, 3.63) is 29.8 Å². The Morgan fingerprint density at radius 2 is 2.25 bits per heavy atom. The van der Waals surface area contributed by atoms with Crippen molar-refractivity contribution in [2.45, 2.75) is 32.0 Å². The van der Waals surface area contributed by atoms with Crippen LogP contribution in [0.5, 0.6) is 5.75 Å². The standard InChI is InChI=1S/C13H18O3/c1-10(14)12-6-2-3-7-13(12)16-11-5-4-8-15-9-11/h2-3,6-7,10-11,14H,4-5,8-9H2,1H3/t10-,11?/m1/s1. The molecule has 0 aromatic heterocycles. The van der Waals surface area contributed by atoms with Gasteiger partial charge in [0.05, 0.1) is 12.7 Å². The first kappa shape index (κ1) is 11.4. The van der Waals surface area contributed by atoms with E-state index in [4.69, 9.17) is 9.47 Å². The Kier molecular flexibility index (Phi) is 3.80. The van der Waals surface area contributed by atoms with E-state index in [2.05, 4.69) is 0 Å². The van der Waals surface area contributed by atoms with Crippen LogP contribution in [0.1, 0.15) is 31.4 Å². The molecule has 2 rings (SSSR count). The van der Waals surface area contributed by atoms with E-state index >= 15 is 0 Å². The molecule has 0 saturated carbocycles. The summed E-state index contributed by atoms with van der Waals surface area (Å²) in [6, 6.07) is 7.62. The van der Waals surface area contributed by atoms with Crippen molar-refractivity contribution >= 4 is 0 Å². The molecule has 1 aromatic rings. The molecule has 1 saturated heterocycles. The minimum Gasteiger partial charge on any atom is -0.488 e. The summed E-state index contributed by atoms with van der Waals surface area (Å²) in [7, 11) is 0. The fourth-order valence-electron chi connectivity index (χ4n) is 1.92. The Morgan fingerprint density at radius 1 is 1.44 bits per heavy atom. The highest BCUT2D eigenvalue weighted by Gasteiger charge is 2.17. The van der Waals surface area contributed by atoms with Crippen molar-refractivity contribution in [3.63, 3.8) is 0 Å². The lowest BCUT2D eigenvalue weighted by atomic mass is 10.1. The number of hydrogen-bond donors (Lipinski definition) is 1. The molecule has 3 heteroatoms. The maximum absolute atomic E-state index is 9.62. The molecule has 1 aliphatic rings. The van der Waals surface area contributed by atoms with Gasteiger partial charge in [0.2, 0.25) is 0 Å². The van der Waals surface area contributed by atoms with Gasteiger partial charge in [0.15, 0.2) is 0 Å². The van der Waals surface area contributed by atoms with Gasteiger partial charge in [0.1, 0.15) is 11.9 Å². The average molecular weight is 222 g/mol. The molecule has 1 unspecified atom stereocenters. The van der Waals surface area contributed by atoms with Crippen molar-refractivity contribution in [1.29, 1.82) is 0 Å². The number of hydrogen-bond acceptors (Lipinski definition) is 3. The zero-order valence-corrected chi connectivity index (χ0v) is 9.56. The van der Waals surface area contributed by atoms with E-state index in [1.807, 2.05) is 24.3 Å². The number of ether oxygens (including phenoxy) is 2. The van der Waals surface area contributed by atoms with Crippen molar-refractivity contribution in [2.24, 2.45) is 0 Å². The molecular weight excluding hydrogens is 204 g/mol. The van der Waals surface area contributed by atoms with Gasteiger partial charge < -0.3 is 14.6 Å². The van der Waals surface area contributed by atoms with Gasteiger partial charge in [-0.2, -0.15) is 0 Å². The molecule has 88 valence electrons. The summed E-state index contributed by atoms with van der Waals surface area (Å²) in [5, 5.41) is 9.62. The van der Waals surface area contributed by atoms with E-state index < -0.39 is 6.10 Å². The predicted octanol–water partition coefficient (Wildman–Crippen LogP) is 2.30. The molecule has 0 radical (unpaired) electrons. The SMILES string of the molecule is C[C@@H](O)c1ccccc1OC1CCCOC1. The lowest BCUT2D eigenvalue weighted by Gasteiger charge is -2.24. The summed E-state index contributed by atoms with van der Waals surface area (Å²) >= 11 is 0. The summed E-state index contributed by atoms with van der Waals surface area (Å²) in [6.45, 7) is 3.23. The van der Waals surface area contributed by atoms with E-state index in [1.54, 1.807) is 6.92 Å². The van der Waals surface area contributed by atoms with Crippen molar-refractivity contribution in [3.8, 4) is 5.75 Å². The van der Waals surface area contributed by atoms with Crippen LogP contribution in [0.3, 0.4) is 0 Å². The quantitative estimate of drug-likeness (QED) is 0.852. The van der Waals surface area contributed by atoms with Crippen LogP contribution in [-0.4, -0.2) is 24.4 Å². The summed E-state index contributed by atoms with van der Waals surface area (Å²) in [5.41, 5.74) is 0.841. The van der Waals surface area contributed by atoms with Gasteiger partial charge in [-0.05, 0) is 25.8 Å². The Hall–Kier alpha value is -1.06. The molecule has 2 atom stereocenters. The third kappa shape index (κ3) is 2.74. The topological polar surface area (TPSA) is 38.7 Å². The fraction of sp³-hybridized carbons (Fsp3) is 0.538. The molecule has 1 fully saturated rings. The molecular formula is C13H18O3. The molecule has 0 spiro atoms. The summed E-state index contributed by atoms with van der Waals surface area (Å²) in [6.07, 6.45) is 1.68. The molecule has 16 heavy (non-hydrogen) atoms. The molecule has 3 nitrogen and oxygen atoms in total. The highest BCUT2D eigenvalue weighted by Crippen LogP contribution is 2.26. The smallest absolute Gasteiger partial charge is 0.125 e. The summed E-state index contributed by atoms with van der Waals surface area (Å²) in [4.78, 5) is 0. The molecule has 0 bridgehead atoms. The number of aliphatic hydroxyl groups excluding tert-OH is 1. The van der Waals surface area contributed by atoms with Crippen LogP contribution in [0.15, 0.2) is 24.3 Å². The monoisotopic (exact) mass is 222 g/mol. The zero-order valence-electron chi connectivity index (χ0n) is 9.56. The van der Waals surface area contributed by atoms with Gasteiger partial charge in [0, 0.05) is 12.2 Å². The molecule has 1 aromatic carbocycles. The van der Waals surface area contributed by atoms with Gasteiger partial charge in [-0.15, -0.1) is 0 Å². The summed E-state index contributed by atoms with van der Waals surface area (Å²) < 4.78 is 11.2. The molecule has 1 heterocycles. The van der Waals surface area contributed by atoms with Gasteiger partial charge in [-0.3, -0.25) is 0 Å². The number of para-hydroxylation sites is 1. The van der Waals surface area contributed by atoms with Gasteiger partial charge in [-0.25, -0.2) is 0 Å². The third-order valence-electron chi connectivity index (χ3n) is 2.78. The third-order valence-corrected chi connectivity index (χ3v) is 2.78. The van der Waals surface area contributed by atoms with E-state index in [-0.39, 0.29) is 6.10 Å². The average Bonchev–Trinajstić information content (AvgIpc) is 2.31. The van der Waals surface area contributed by atoms with E-state index in [9.17, 15) is 5.11 Å². The predicted molar refractivity (Wildman–Crippen MR) is 61.5 cm³/mol. The highest BCUT2D eigenvalue weighted by atomic mass is 16.5. The van der Waals surface area contributed by atoms with Crippen LogP contribution in [0, 0.1) is 0 Å². The Morgan fingerprint density at radius 3 is 2.94 bits per heavy atom. The van der Waals surface area contributed by atoms with E-state index in [0.717, 1.165) is 30.8 Å². The number of aliphatic hydroxyl groups is 1. The lowest BCUT2D eigenvalue weighted by molar-refractivity contribution is 0.00614. The van der Waals surface area contributed by atoms with E-state index in [0.29, 0.717) is 6.61 Å². The second-order valence-electron chi connectivity index (χ2n) is 4.17. The first-order valence-corrected chi connectivity index (χ1v) is 5.79. The number of rotatable bonds is 3. The van der Waals surface area contributed by atoms with Gasteiger partial charge in [-0.1, -0.05) is 18.2 Å². The zero-order chi connectivity index (χ0) is 11.4. The van der Waals surface area contributed by atoms with Crippen molar-refractivity contribution in [2.75, 3.05) is 13.2 Å². The molecule has 1 aliphatic heterocycles. The largest absolute Gasteiger partial charge is 0.488 e. The maximum atomic E-state index is 9.62. The minimum atomic E-state index is -0.499. The minimum absolute atomic E-state index is 0.119. The Labute approximate surface area is 96.0 Å². The van der Waals surface area contributed by atoms with Crippen LogP contribution in [0.2, 0.25) is 0 Å². The van der Waals surface area contributed by atoms with Crippen LogP contribution in [-0.2, 0) is 4.74 Å². The van der Waals surface area contributed by atoms with Crippen LogP contribution < -0.4 is 4.74 Å². The second-order valence-corrected chi connectivity index (χ2v) is 4.17. The van der Waals surface area contributed by atoms with Crippen LogP contribution in [0.25, 0.3) is 0 Å². The van der Waals surface area contributed by atoms with E-state index in [1.165, 1.54) is 0 Å². The first-order valence-electron chi connectivity index (χ1n) is 5.79. The Bertz CT molecular complexity index is 330. The van der Waals surface area contributed by atoms with Gasteiger partial charge >= 0.3 is 0 Å².